The molecule has 16 heavy (non-hydrogen) atoms. The Morgan fingerprint density at radius 3 is 2.62 bits per heavy atom. The van der Waals surface area contributed by atoms with E-state index in [2.05, 4.69) is 5.32 Å². The van der Waals surface area contributed by atoms with Crippen molar-refractivity contribution in [2.24, 2.45) is 5.41 Å². The van der Waals surface area contributed by atoms with Crippen molar-refractivity contribution in [3.63, 3.8) is 0 Å². The van der Waals surface area contributed by atoms with Crippen molar-refractivity contribution in [3.05, 3.63) is 0 Å². The van der Waals surface area contributed by atoms with Gasteiger partial charge in [-0.15, -0.1) is 0 Å². The quantitative estimate of drug-likeness (QED) is 0.664. The second-order valence-corrected chi connectivity index (χ2v) is 4.83. The number of carbonyl (C=O) groups is 1. The summed E-state index contributed by atoms with van der Waals surface area (Å²) < 4.78 is 5.21. The number of methoxy groups -OCH3 is 1. The van der Waals surface area contributed by atoms with Crippen molar-refractivity contribution < 1.29 is 14.6 Å². The third-order valence-electron chi connectivity index (χ3n) is 3.58. The summed E-state index contributed by atoms with van der Waals surface area (Å²) in [4.78, 5) is 14.1. The molecule has 0 aliphatic carbocycles. The lowest BCUT2D eigenvalue weighted by molar-refractivity contribution is -0.157. The average Bonchev–Trinajstić information content (AvgIpc) is 2.26. The van der Waals surface area contributed by atoms with Gasteiger partial charge in [-0.1, -0.05) is 0 Å². The number of piperidine rings is 1. The van der Waals surface area contributed by atoms with Gasteiger partial charge in [0.2, 0.25) is 5.91 Å². The molecule has 0 aromatic heterocycles. The first-order valence-electron chi connectivity index (χ1n) is 5.85. The molecule has 2 aliphatic heterocycles. The van der Waals surface area contributed by atoms with Crippen LogP contribution in [0.25, 0.3) is 0 Å². The van der Waals surface area contributed by atoms with Crippen LogP contribution in [0.4, 0.5) is 0 Å². The molecule has 5 heteroatoms. The van der Waals surface area contributed by atoms with Crippen LogP contribution in [0, 0.1) is 5.41 Å². The molecule has 1 amide bonds. The Hall–Kier alpha value is -0.650. The highest BCUT2D eigenvalue weighted by Crippen LogP contribution is 2.33. The Kier molecular flexibility index (Phi) is 3.47. The van der Waals surface area contributed by atoms with E-state index in [1.807, 2.05) is 0 Å². The van der Waals surface area contributed by atoms with E-state index >= 15 is 0 Å². The first kappa shape index (κ1) is 11.8. The van der Waals surface area contributed by atoms with Crippen LogP contribution in [0.3, 0.4) is 0 Å². The van der Waals surface area contributed by atoms with Gasteiger partial charge in [0, 0.05) is 20.2 Å². The maximum atomic E-state index is 12.3. The van der Waals surface area contributed by atoms with Gasteiger partial charge in [-0.05, 0) is 25.9 Å². The molecule has 5 nitrogen and oxygen atoms in total. The number of carbonyl (C=O) groups excluding carboxylic acids is 1. The Balaban J connectivity index is 2.02. The summed E-state index contributed by atoms with van der Waals surface area (Å²) >= 11 is 0. The predicted octanol–water partition coefficient (Wildman–Crippen LogP) is -0.794. The van der Waals surface area contributed by atoms with Gasteiger partial charge in [0.05, 0.1) is 18.1 Å². The van der Waals surface area contributed by atoms with Crippen LogP contribution in [-0.2, 0) is 9.53 Å². The summed E-state index contributed by atoms with van der Waals surface area (Å²) in [5, 5.41) is 12.5. The number of hydrogen-bond acceptors (Lipinski definition) is 4. The van der Waals surface area contributed by atoms with E-state index in [0.29, 0.717) is 19.7 Å². The van der Waals surface area contributed by atoms with Gasteiger partial charge in [0.15, 0.2) is 0 Å². The zero-order valence-corrected chi connectivity index (χ0v) is 9.74. The first-order valence-corrected chi connectivity index (χ1v) is 5.85. The van der Waals surface area contributed by atoms with Crippen molar-refractivity contribution in [1.82, 2.24) is 10.2 Å². The van der Waals surface area contributed by atoms with Gasteiger partial charge in [-0.2, -0.15) is 0 Å². The van der Waals surface area contributed by atoms with Gasteiger partial charge in [-0.25, -0.2) is 0 Å². The van der Waals surface area contributed by atoms with Gasteiger partial charge < -0.3 is 20.1 Å². The molecule has 2 saturated heterocycles. The Morgan fingerprint density at radius 1 is 1.50 bits per heavy atom. The molecule has 2 rings (SSSR count). The number of amides is 1. The van der Waals surface area contributed by atoms with Gasteiger partial charge >= 0.3 is 0 Å². The van der Waals surface area contributed by atoms with Crippen LogP contribution in [-0.4, -0.2) is 61.9 Å². The number of nitrogens with zero attached hydrogens (tertiary/aromatic N) is 1. The number of ether oxygens (including phenoxy) is 1. The fraction of sp³-hybridized carbons (Fsp3) is 0.909. The topological polar surface area (TPSA) is 61.8 Å². The highest BCUT2D eigenvalue weighted by atomic mass is 16.5. The second-order valence-electron chi connectivity index (χ2n) is 4.83. The molecular weight excluding hydrogens is 208 g/mol. The first-order chi connectivity index (χ1) is 7.68. The minimum absolute atomic E-state index is 0.154. The van der Waals surface area contributed by atoms with E-state index in [0.717, 1.165) is 25.9 Å². The van der Waals surface area contributed by atoms with Crippen LogP contribution in [0.1, 0.15) is 12.8 Å². The summed E-state index contributed by atoms with van der Waals surface area (Å²) in [5.41, 5.74) is -0.361. The Morgan fingerprint density at radius 2 is 2.12 bits per heavy atom. The molecule has 0 saturated carbocycles. The molecule has 2 aliphatic rings. The van der Waals surface area contributed by atoms with Crippen molar-refractivity contribution in [2.45, 2.75) is 18.9 Å². The van der Waals surface area contributed by atoms with E-state index in [1.54, 1.807) is 12.0 Å². The van der Waals surface area contributed by atoms with E-state index in [4.69, 9.17) is 4.74 Å². The molecule has 92 valence electrons. The lowest BCUT2D eigenvalue weighted by atomic mass is 9.77. The van der Waals surface area contributed by atoms with Crippen molar-refractivity contribution >= 4 is 5.91 Å². The fourth-order valence-electron chi connectivity index (χ4n) is 2.56. The van der Waals surface area contributed by atoms with Crippen LogP contribution in [0.5, 0.6) is 0 Å². The average molecular weight is 228 g/mol. The van der Waals surface area contributed by atoms with Gasteiger partial charge in [0.1, 0.15) is 0 Å². The molecule has 2 fully saturated rings. The van der Waals surface area contributed by atoms with E-state index < -0.39 is 0 Å². The Bertz CT molecular complexity index is 252. The molecule has 0 bridgehead atoms. The van der Waals surface area contributed by atoms with Crippen molar-refractivity contribution in [3.8, 4) is 0 Å². The molecule has 0 atom stereocenters. The fourth-order valence-corrected chi connectivity index (χ4v) is 2.56. The smallest absolute Gasteiger partial charge is 0.231 e. The van der Waals surface area contributed by atoms with Crippen LogP contribution in [0.15, 0.2) is 0 Å². The number of β-amino-alcohol motifs (C(OH)–C–C–N with tert-alkyl or cyclic N) is 1. The molecule has 0 spiro atoms. The normalized spacial score (nSPS) is 25.2. The van der Waals surface area contributed by atoms with E-state index in [9.17, 15) is 9.90 Å². The van der Waals surface area contributed by atoms with Gasteiger partial charge in [-0.3, -0.25) is 4.79 Å². The summed E-state index contributed by atoms with van der Waals surface area (Å²) in [7, 11) is 1.64. The SMILES string of the molecule is COCC1(C(=O)N2CC(O)C2)CCNCC1. The number of nitrogens with one attached hydrogen (secondary N) is 1. The number of aliphatic hydroxyl groups excluding tert-OH is 1. The van der Waals surface area contributed by atoms with Crippen LogP contribution < -0.4 is 5.32 Å². The number of aliphatic hydroxyl groups is 1. The third-order valence-corrected chi connectivity index (χ3v) is 3.58. The minimum Gasteiger partial charge on any atom is -0.389 e. The lowest BCUT2D eigenvalue weighted by Gasteiger charge is -2.44. The van der Waals surface area contributed by atoms with E-state index in [-0.39, 0.29) is 17.4 Å². The zero-order chi connectivity index (χ0) is 11.6. The number of likely N-dealkylation sites (tertiary alicyclic amines) is 1. The molecule has 2 N–H and O–H groups in total. The monoisotopic (exact) mass is 228 g/mol. The standard InChI is InChI=1S/C11H20N2O3/c1-16-8-11(2-4-12-5-3-11)10(15)13-6-9(14)7-13/h9,12,14H,2-8H2,1H3. The summed E-state index contributed by atoms with van der Waals surface area (Å²) in [6.45, 7) is 3.19. The second kappa shape index (κ2) is 4.69. The molecule has 0 radical (unpaired) electrons. The van der Waals surface area contributed by atoms with Gasteiger partial charge in [0.25, 0.3) is 0 Å². The summed E-state index contributed by atoms with van der Waals surface area (Å²) in [5.74, 6) is 0.154. The summed E-state index contributed by atoms with van der Waals surface area (Å²) in [6, 6.07) is 0. The molecular formula is C11H20N2O3. The Labute approximate surface area is 95.8 Å². The molecule has 2 heterocycles. The van der Waals surface area contributed by atoms with Crippen molar-refractivity contribution in [2.75, 3.05) is 39.9 Å². The van der Waals surface area contributed by atoms with Crippen molar-refractivity contribution in [1.29, 1.82) is 0 Å². The maximum absolute atomic E-state index is 12.3. The number of rotatable bonds is 3. The van der Waals surface area contributed by atoms with Crippen LogP contribution >= 0.6 is 0 Å². The number of hydrogen-bond donors (Lipinski definition) is 2. The molecule has 0 aromatic rings. The maximum Gasteiger partial charge on any atom is 0.231 e. The predicted molar refractivity (Wildman–Crippen MR) is 59.0 cm³/mol. The molecule has 0 unspecified atom stereocenters. The van der Waals surface area contributed by atoms with E-state index in [1.165, 1.54) is 0 Å². The zero-order valence-electron chi connectivity index (χ0n) is 9.74. The highest BCUT2D eigenvalue weighted by Gasteiger charge is 2.45. The molecule has 0 aromatic carbocycles. The largest absolute Gasteiger partial charge is 0.389 e. The van der Waals surface area contributed by atoms with Crippen LogP contribution in [0.2, 0.25) is 0 Å². The lowest BCUT2D eigenvalue weighted by Crippen LogP contribution is -2.60. The third kappa shape index (κ3) is 2.07. The highest BCUT2D eigenvalue weighted by molar-refractivity contribution is 5.84. The summed E-state index contributed by atoms with van der Waals surface area (Å²) in [6.07, 6.45) is 1.32. The minimum atomic E-state index is -0.361.